The van der Waals surface area contributed by atoms with E-state index >= 15 is 0 Å². The van der Waals surface area contributed by atoms with Gasteiger partial charge in [-0.05, 0) is 67.1 Å². The van der Waals surface area contributed by atoms with Crippen LogP contribution in [-0.4, -0.2) is 14.8 Å². The molecule has 0 saturated carbocycles. The SMILES string of the molecule is c1cc2c3c(c1)CC(CCn1cncn1)CC3CCC2. The van der Waals surface area contributed by atoms with Crippen molar-refractivity contribution >= 4 is 0 Å². The Hall–Kier alpha value is -1.64. The minimum atomic E-state index is 0.810. The second-order valence-corrected chi connectivity index (χ2v) is 6.33. The summed E-state index contributed by atoms with van der Waals surface area (Å²) in [4.78, 5) is 4.03. The summed E-state index contributed by atoms with van der Waals surface area (Å²) in [5, 5.41) is 4.21. The monoisotopic (exact) mass is 267 g/mol. The Bertz CT molecular complexity index is 588. The van der Waals surface area contributed by atoms with E-state index in [2.05, 4.69) is 28.3 Å². The smallest absolute Gasteiger partial charge is 0.137 e. The highest BCUT2D eigenvalue weighted by Crippen LogP contribution is 2.43. The van der Waals surface area contributed by atoms with Crippen molar-refractivity contribution < 1.29 is 0 Å². The van der Waals surface area contributed by atoms with Gasteiger partial charge in [0.05, 0.1) is 0 Å². The third-order valence-corrected chi connectivity index (χ3v) is 5.05. The largest absolute Gasteiger partial charge is 0.253 e. The predicted molar refractivity (Wildman–Crippen MR) is 78.6 cm³/mol. The molecule has 3 nitrogen and oxygen atoms in total. The maximum absolute atomic E-state index is 4.21. The Balaban J connectivity index is 1.52. The van der Waals surface area contributed by atoms with Crippen molar-refractivity contribution in [1.82, 2.24) is 14.8 Å². The van der Waals surface area contributed by atoms with Gasteiger partial charge >= 0.3 is 0 Å². The van der Waals surface area contributed by atoms with Gasteiger partial charge in [0.25, 0.3) is 0 Å². The fourth-order valence-corrected chi connectivity index (χ4v) is 4.19. The van der Waals surface area contributed by atoms with Crippen molar-refractivity contribution in [3.05, 3.63) is 47.5 Å². The molecular formula is C17H21N3. The number of nitrogens with zero attached hydrogens (tertiary/aromatic N) is 3. The van der Waals surface area contributed by atoms with Crippen LogP contribution in [-0.2, 0) is 19.4 Å². The maximum Gasteiger partial charge on any atom is 0.137 e. The van der Waals surface area contributed by atoms with E-state index in [4.69, 9.17) is 0 Å². The molecule has 1 aromatic carbocycles. The zero-order valence-electron chi connectivity index (χ0n) is 11.8. The summed E-state index contributed by atoms with van der Waals surface area (Å²) in [6.45, 7) is 1.01. The summed E-state index contributed by atoms with van der Waals surface area (Å²) in [5.41, 5.74) is 4.98. The first kappa shape index (κ1) is 12.1. The first-order valence-electron chi connectivity index (χ1n) is 7.83. The van der Waals surface area contributed by atoms with Gasteiger partial charge in [-0.3, -0.25) is 4.68 Å². The van der Waals surface area contributed by atoms with Gasteiger partial charge < -0.3 is 0 Å². The van der Waals surface area contributed by atoms with Crippen molar-refractivity contribution in [2.45, 2.75) is 51.0 Å². The standard InChI is InChI=1S/C17H21N3/c1-3-14-4-2-6-16-10-13(9-15(5-1)17(14)16)7-8-20-12-18-11-19-20/h1,3,5,11-13,16H,2,4,6-10H2. The molecule has 0 radical (unpaired) electrons. The van der Waals surface area contributed by atoms with E-state index in [0.29, 0.717) is 0 Å². The van der Waals surface area contributed by atoms with Crippen LogP contribution in [0.2, 0.25) is 0 Å². The minimum absolute atomic E-state index is 0.810. The molecule has 2 atom stereocenters. The van der Waals surface area contributed by atoms with E-state index < -0.39 is 0 Å². The highest BCUT2D eigenvalue weighted by atomic mass is 15.3. The van der Waals surface area contributed by atoms with Crippen molar-refractivity contribution in [1.29, 1.82) is 0 Å². The van der Waals surface area contributed by atoms with E-state index in [1.807, 2.05) is 11.0 Å². The van der Waals surface area contributed by atoms with Gasteiger partial charge in [-0.2, -0.15) is 5.10 Å². The molecule has 0 fully saturated rings. The van der Waals surface area contributed by atoms with E-state index in [0.717, 1.165) is 18.4 Å². The molecule has 1 aromatic heterocycles. The zero-order valence-corrected chi connectivity index (χ0v) is 11.8. The molecule has 3 heteroatoms. The third-order valence-electron chi connectivity index (χ3n) is 5.05. The first-order valence-corrected chi connectivity index (χ1v) is 7.83. The lowest BCUT2D eigenvalue weighted by Gasteiger charge is -2.36. The fraction of sp³-hybridized carbons (Fsp3) is 0.529. The van der Waals surface area contributed by atoms with E-state index in [1.165, 1.54) is 38.5 Å². The van der Waals surface area contributed by atoms with E-state index in [1.54, 1.807) is 23.0 Å². The lowest BCUT2D eigenvalue weighted by molar-refractivity contribution is 0.333. The second-order valence-electron chi connectivity index (χ2n) is 6.33. The van der Waals surface area contributed by atoms with Gasteiger partial charge in [0.1, 0.15) is 12.7 Å². The molecule has 0 spiro atoms. The summed E-state index contributed by atoms with van der Waals surface area (Å²) in [6.07, 6.45) is 11.4. The summed E-state index contributed by atoms with van der Waals surface area (Å²) >= 11 is 0. The number of benzene rings is 1. The Morgan fingerprint density at radius 3 is 3.10 bits per heavy atom. The Labute approximate surface area is 120 Å². The van der Waals surface area contributed by atoms with Crippen molar-refractivity contribution in [3.63, 3.8) is 0 Å². The average Bonchev–Trinajstić information content (AvgIpc) is 2.99. The van der Waals surface area contributed by atoms with E-state index in [9.17, 15) is 0 Å². The molecule has 104 valence electrons. The Morgan fingerprint density at radius 1 is 1.25 bits per heavy atom. The molecule has 2 aromatic rings. The number of hydrogen-bond acceptors (Lipinski definition) is 2. The molecule has 0 amide bonds. The van der Waals surface area contributed by atoms with E-state index in [-0.39, 0.29) is 0 Å². The molecule has 0 bridgehead atoms. The van der Waals surface area contributed by atoms with Crippen LogP contribution in [0.25, 0.3) is 0 Å². The topological polar surface area (TPSA) is 30.7 Å². The Kier molecular flexibility index (Phi) is 3.06. The van der Waals surface area contributed by atoms with Crippen LogP contribution in [0, 0.1) is 5.92 Å². The summed E-state index contributed by atoms with van der Waals surface area (Å²) < 4.78 is 1.97. The van der Waals surface area contributed by atoms with Crippen LogP contribution < -0.4 is 0 Å². The first-order chi connectivity index (χ1) is 9.90. The molecule has 1 heterocycles. The van der Waals surface area contributed by atoms with Crippen LogP contribution in [0.3, 0.4) is 0 Å². The molecule has 20 heavy (non-hydrogen) atoms. The summed E-state index contributed by atoms with van der Waals surface area (Å²) in [7, 11) is 0. The highest BCUT2D eigenvalue weighted by Gasteiger charge is 2.30. The van der Waals surface area contributed by atoms with Gasteiger partial charge in [0.15, 0.2) is 0 Å². The molecule has 0 saturated heterocycles. The fourth-order valence-electron chi connectivity index (χ4n) is 4.19. The van der Waals surface area contributed by atoms with Gasteiger partial charge in [0.2, 0.25) is 0 Å². The molecule has 2 aliphatic rings. The third kappa shape index (κ3) is 2.15. The number of aromatic nitrogens is 3. The zero-order chi connectivity index (χ0) is 13.4. The van der Waals surface area contributed by atoms with Crippen LogP contribution in [0.1, 0.15) is 48.3 Å². The molecule has 2 unspecified atom stereocenters. The predicted octanol–water partition coefficient (Wildman–Crippen LogP) is 3.35. The second kappa shape index (κ2) is 5.04. The van der Waals surface area contributed by atoms with Gasteiger partial charge in [-0.15, -0.1) is 0 Å². The molecule has 2 aliphatic carbocycles. The number of hydrogen-bond donors (Lipinski definition) is 0. The lowest BCUT2D eigenvalue weighted by atomic mass is 9.69. The minimum Gasteiger partial charge on any atom is -0.253 e. The van der Waals surface area contributed by atoms with Crippen molar-refractivity contribution in [2.75, 3.05) is 0 Å². The highest BCUT2D eigenvalue weighted by molar-refractivity contribution is 5.41. The summed E-state index contributed by atoms with van der Waals surface area (Å²) in [6, 6.07) is 6.97. The van der Waals surface area contributed by atoms with Crippen molar-refractivity contribution in [2.24, 2.45) is 5.92 Å². The summed E-state index contributed by atoms with van der Waals surface area (Å²) in [5.74, 6) is 1.63. The Morgan fingerprint density at radius 2 is 2.20 bits per heavy atom. The normalized spacial score (nSPS) is 24.4. The maximum atomic E-state index is 4.21. The van der Waals surface area contributed by atoms with Crippen LogP contribution in [0.15, 0.2) is 30.9 Å². The number of rotatable bonds is 3. The number of aryl methyl sites for hydroxylation is 2. The van der Waals surface area contributed by atoms with Gasteiger partial charge in [-0.25, -0.2) is 4.98 Å². The average molecular weight is 267 g/mol. The van der Waals surface area contributed by atoms with Crippen LogP contribution >= 0.6 is 0 Å². The molecule has 0 N–H and O–H groups in total. The van der Waals surface area contributed by atoms with Crippen molar-refractivity contribution in [3.8, 4) is 0 Å². The molecule has 4 rings (SSSR count). The van der Waals surface area contributed by atoms with Gasteiger partial charge in [-0.1, -0.05) is 18.2 Å². The lowest BCUT2D eigenvalue weighted by Crippen LogP contribution is -2.24. The molecular weight excluding hydrogens is 246 g/mol. The van der Waals surface area contributed by atoms with Crippen LogP contribution in [0.5, 0.6) is 0 Å². The molecule has 0 aliphatic heterocycles. The van der Waals surface area contributed by atoms with Crippen LogP contribution in [0.4, 0.5) is 0 Å². The quantitative estimate of drug-likeness (QED) is 0.854. The van der Waals surface area contributed by atoms with Gasteiger partial charge in [0, 0.05) is 6.54 Å².